The summed E-state index contributed by atoms with van der Waals surface area (Å²) in [5.41, 5.74) is 3.33. The van der Waals surface area contributed by atoms with Crippen LogP contribution in [0.15, 0.2) is 30.6 Å². The number of rotatable bonds is 7. The van der Waals surface area contributed by atoms with Crippen molar-refractivity contribution in [3.63, 3.8) is 0 Å². The zero-order valence-corrected chi connectivity index (χ0v) is 20.2. The predicted octanol–water partition coefficient (Wildman–Crippen LogP) is 1.45. The number of fused-ring (bicyclic) bond motifs is 2. The van der Waals surface area contributed by atoms with E-state index in [0.29, 0.717) is 12.2 Å². The maximum atomic E-state index is 13.1. The van der Waals surface area contributed by atoms with Crippen LogP contribution in [0.5, 0.6) is 5.75 Å². The number of aromatic nitrogens is 4. The Morgan fingerprint density at radius 3 is 2.83 bits per heavy atom. The molecule has 1 aliphatic heterocycles. The number of nitrogens with zero attached hydrogens (tertiary/aromatic N) is 5. The topological polar surface area (TPSA) is 114 Å². The van der Waals surface area contributed by atoms with Gasteiger partial charge in [0.25, 0.3) is 5.78 Å². The molecule has 10 nitrogen and oxygen atoms in total. The van der Waals surface area contributed by atoms with Gasteiger partial charge in [0.05, 0.1) is 12.8 Å². The maximum absolute atomic E-state index is 13.1. The predicted molar refractivity (Wildman–Crippen MR) is 130 cm³/mol. The zero-order valence-electron chi connectivity index (χ0n) is 20.2. The number of hydrogen-bond acceptors (Lipinski definition) is 7. The Bertz CT molecular complexity index is 1230. The van der Waals surface area contributed by atoms with Crippen LogP contribution < -0.4 is 20.3 Å². The van der Waals surface area contributed by atoms with Gasteiger partial charge in [-0.15, -0.1) is 0 Å². The van der Waals surface area contributed by atoms with Crippen LogP contribution in [0, 0.1) is 0 Å². The number of piperidine rings is 1. The smallest absolute Gasteiger partial charge is 0.254 e. The van der Waals surface area contributed by atoms with Crippen LogP contribution in [0.1, 0.15) is 43.0 Å². The SMILES string of the molecule is COc1cccc(C[C@@H](NC(C)=O)C(=O)NC2CCN(c3c4c(nc5ncnn35)CCC4)CC2)c1. The van der Waals surface area contributed by atoms with Crippen molar-refractivity contribution < 1.29 is 14.3 Å². The number of aryl methyl sites for hydroxylation is 1. The van der Waals surface area contributed by atoms with Crippen LogP contribution in [0.4, 0.5) is 5.82 Å². The lowest BCUT2D eigenvalue weighted by Gasteiger charge is -2.35. The van der Waals surface area contributed by atoms with Gasteiger partial charge in [-0.05, 0) is 49.8 Å². The fourth-order valence-electron chi connectivity index (χ4n) is 5.15. The Morgan fingerprint density at radius 1 is 1.23 bits per heavy atom. The largest absolute Gasteiger partial charge is 0.497 e. The number of anilines is 1. The normalized spacial score (nSPS) is 16.7. The van der Waals surface area contributed by atoms with Crippen molar-refractivity contribution in [2.45, 2.75) is 57.5 Å². The summed E-state index contributed by atoms with van der Waals surface area (Å²) in [6.07, 6.45) is 6.67. The van der Waals surface area contributed by atoms with Gasteiger partial charge in [-0.1, -0.05) is 12.1 Å². The Morgan fingerprint density at radius 2 is 2.06 bits per heavy atom. The molecule has 3 heterocycles. The third kappa shape index (κ3) is 4.91. The van der Waals surface area contributed by atoms with E-state index < -0.39 is 6.04 Å². The Balaban J connectivity index is 1.25. The molecule has 35 heavy (non-hydrogen) atoms. The molecule has 2 aliphatic rings. The van der Waals surface area contributed by atoms with Gasteiger partial charge in [0.15, 0.2) is 0 Å². The van der Waals surface area contributed by atoms with E-state index in [-0.39, 0.29) is 17.9 Å². The molecular weight excluding hydrogens is 446 g/mol. The van der Waals surface area contributed by atoms with Gasteiger partial charge in [-0.2, -0.15) is 14.6 Å². The summed E-state index contributed by atoms with van der Waals surface area (Å²) >= 11 is 0. The summed E-state index contributed by atoms with van der Waals surface area (Å²) in [7, 11) is 1.61. The zero-order chi connectivity index (χ0) is 24.4. The second-order valence-electron chi connectivity index (χ2n) is 9.26. The molecule has 1 saturated heterocycles. The van der Waals surface area contributed by atoms with Crippen LogP contribution >= 0.6 is 0 Å². The van der Waals surface area contributed by atoms with Gasteiger partial charge in [0.2, 0.25) is 11.8 Å². The van der Waals surface area contributed by atoms with Crippen molar-refractivity contribution in [1.29, 1.82) is 0 Å². The molecular formula is C25H31N7O3. The van der Waals surface area contributed by atoms with E-state index in [9.17, 15) is 9.59 Å². The molecule has 2 amide bonds. The lowest BCUT2D eigenvalue weighted by atomic mass is 10.0. The minimum Gasteiger partial charge on any atom is -0.497 e. The first kappa shape index (κ1) is 23.1. The minimum atomic E-state index is -0.643. The lowest BCUT2D eigenvalue weighted by molar-refractivity contribution is -0.128. The molecule has 0 unspecified atom stereocenters. The standard InChI is InChI=1S/C25H31N7O3/c1-16(33)28-22(14-17-5-3-6-19(13-17)35-2)23(34)29-18-9-11-31(12-10-18)24-20-7-4-8-21(20)30-25-26-15-27-32(24)25/h3,5-6,13,15,18,22H,4,7-12,14H2,1-2H3,(H,28,33)(H,29,34)/t22-/m1/s1. The first-order valence-corrected chi connectivity index (χ1v) is 12.2. The number of hydrogen-bond donors (Lipinski definition) is 2. The van der Waals surface area contributed by atoms with Gasteiger partial charge in [0, 0.05) is 38.0 Å². The fraction of sp³-hybridized carbons (Fsp3) is 0.480. The highest BCUT2D eigenvalue weighted by Crippen LogP contribution is 2.32. The van der Waals surface area contributed by atoms with E-state index >= 15 is 0 Å². The quantitative estimate of drug-likeness (QED) is 0.530. The van der Waals surface area contributed by atoms with Gasteiger partial charge in [-0.3, -0.25) is 9.59 Å². The number of ether oxygens (including phenoxy) is 1. The molecule has 0 bridgehead atoms. The van der Waals surface area contributed by atoms with Gasteiger partial charge in [-0.25, -0.2) is 4.98 Å². The van der Waals surface area contributed by atoms with Crippen LogP contribution in [0.25, 0.3) is 5.78 Å². The molecule has 1 aromatic carbocycles. The van der Waals surface area contributed by atoms with Crippen LogP contribution in [-0.4, -0.2) is 63.7 Å². The molecule has 1 fully saturated rings. The Kier molecular flexibility index (Phi) is 6.52. The van der Waals surface area contributed by atoms with Crippen molar-refractivity contribution >= 4 is 23.4 Å². The molecule has 2 aromatic heterocycles. The first-order chi connectivity index (χ1) is 17.0. The maximum Gasteiger partial charge on any atom is 0.254 e. The van der Waals surface area contributed by atoms with Gasteiger partial charge >= 0.3 is 0 Å². The fourth-order valence-corrected chi connectivity index (χ4v) is 5.15. The average molecular weight is 478 g/mol. The second-order valence-corrected chi connectivity index (χ2v) is 9.26. The number of amides is 2. The third-order valence-corrected chi connectivity index (χ3v) is 6.83. The number of methoxy groups -OCH3 is 1. The number of nitrogens with one attached hydrogen (secondary N) is 2. The highest BCUT2D eigenvalue weighted by molar-refractivity contribution is 5.87. The van der Waals surface area contributed by atoms with Crippen molar-refractivity contribution in [2.75, 3.05) is 25.1 Å². The van der Waals surface area contributed by atoms with E-state index in [4.69, 9.17) is 4.74 Å². The minimum absolute atomic E-state index is 0.0430. The Hall–Kier alpha value is -3.69. The third-order valence-electron chi connectivity index (χ3n) is 6.83. The second kappa shape index (κ2) is 9.89. The summed E-state index contributed by atoms with van der Waals surface area (Å²) in [6.45, 7) is 3.04. The summed E-state index contributed by atoms with van der Waals surface area (Å²) < 4.78 is 7.14. The Labute approximate surface area is 204 Å². The van der Waals surface area contributed by atoms with Crippen molar-refractivity contribution in [1.82, 2.24) is 30.2 Å². The van der Waals surface area contributed by atoms with Gasteiger partial charge in [0.1, 0.15) is 23.9 Å². The van der Waals surface area contributed by atoms with Gasteiger partial charge < -0.3 is 20.3 Å². The molecule has 0 spiro atoms. The molecule has 0 saturated carbocycles. The van der Waals surface area contributed by atoms with E-state index in [1.165, 1.54) is 12.5 Å². The monoisotopic (exact) mass is 477 g/mol. The molecule has 5 rings (SSSR count). The number of carbonyl (C=O) groups excluding carboxylic acids is 2. The summed E-state index contributed by atoms with van der Waals surface area (Å²) in [6, 6.07) is 6.96. The summed E-state index contributed by atoms with van der Waals surface area (Å²) in [5.74, 6) is 2.07. The lowest BCUT2D eigenvalue weighted by Crippen LogP contribution is -2.52. The van der Waals surface area contributed by atoms with Crippen molar-refractivity contribution in [3.8, 4) is 5.75 Å². The first-order valence-electron chi connectivity index (χ1n) is 12.2. The molecule has 3 aromatic rings. The molecule has 10 heteroatoms. The highest BCUT2D eigenvalue weighted by atomic mass is 16.5. The van der Waals surface area contributed by atoms with E-state index in [2.05, 4.69) is 30.6 Å². The van der Waals surface area contributed by atoms with E-state index in [0.717, 1.165) is 68.0 Å². The van der Waals surface area contributed by atoms with Crippen LogP contribution in [0.3, 0.4) is 0 Å². The summed E-state index contributed by atoms with van der Waals surface area (Å²) in [5, 5.41) is 10.4. The van der Waals surface area contributed by atoms with Crippen molar-refractivity contribution in [2.24, 2.45) is 0 Å². The molecule has 1 aliphatic carbocycles. The number of carbonyl (C=O) groups is 2. The summed E-state index contributed by atoms with van der Waals surface area (Å²) in [4.78, 5) is 36.3. The molecule has 184 valence electrons. The highest BCUT2D eigenvalue weighted by Gasteiger charge is 2.30. The molecule has 2 N–H and O–H groups in total. The van der Waals surface area contributed by atoms with Crippen LogP contribution in [-0.2, 0) is 28.9 Å². The van der Waals surface area contributed by atoms with Crippen molar-refractivity contribution in [3.05, 3.63) is 47.4 Å². The number of benzene rings is 1. The molecule has 1 atom stereocenters. The van der Waals surface area contributed by atoms with E-state index in [1.807, 2.05) is 28.8 Å². The molecule has 0 radical (unpaired) electrons. The van der Waals surface area contributed by atoms with E-state index in [1.54, 1.807) is 13.4 Å². The average Bonchev–Trinajstić information content (AvgIpc) is 3.52. The van der Waals surface area contributed by atoms with Crippen LogP contribution in [0.2, 0.25) is 0 Å².